The first-order valence-corrected chi connectivity index (χ1v) is 3.34. The Morgan fingerprint density at radius 1 is 1.46 bits per heavy atom. The Bertz CT molecular complexity index is 258. The van der Waals surface area contributed by atoms with Crippen molar-refractivity contribution in [1.29, 1.82) is 0 Å². The number of methoxy groups -OCH3 is 1. The zero-order valence-electron chi connectivity index (χ0n) is 7.28. The van der Waals surface area contributed by atoms with Gasteiger partial charge in [0.2, 0.25) is 0 Å². The number of phenols is 1. The van der Waals surface area contributed by atoms with E-state index in [1.807, 2.05) is 0 Å². The van der Waals surface area contributed by atoms with Crippen LogP contribution in [0.1, 0.15) is 5.56 Å². The molecule has 1 aromatic carbocycles. The Balaban J connectivity index is 0. The molecule has 0 saturated heterocycles. The van der Waals surface area contributed by atoms with Crippen molar-refractivity contribution >= 4 is 39.7 Å². The number of aromatic hydroxyl groups is 1. The van der Waals surface area contributed by atoms with Crippen LogP contribution in [0.15, 0.2) is 18.2 Å². The van der Waals surface area contributed by atoms with Crippen molar-refractivity contribution in [1.82, 2.24) is 0 Å². The molecule has 3 nitrogen and oxygen atoms in total. The minimum atomic E-state index is 0. The van der Waals surface area contributed by atoms with Crippen LogP contribution < -0.4 is 10.5 Å². The van der Waals surface area contributed by atoms with Gasteiger partial charge in [-0.25, -0.2) is 0 Å². The quantitative estimate of drug-likeness (QED) is 0.730. The maximum atomic E-state index is 9.16. The van der Waals surface area contributed by atoms with Gasteiger partial charge >= 0.3 is 0 Å². The van der Waals surface area contributed by atoms with Gasteiger partial charge in [-0.3, -0.25) is 0 Å². The molecule has 1 rings (SSSR count). The van der Waals surface area contributed by atoms with Crippen molar-refractivity contribution in [3.05, 3.63) is 23.8 Å². The van der Waals surface area contributed by atoms with E-state index in [0.29, 0.717) is 12.3 Å². The van der Waals surface area contributed by atoms with Crippen molar-refractivity contribution in [2.24, 2.45) is 5.73 Å². The summed E-state index contributed by atoms with van der Waals surface area (Å²) in [5, 5.41) is 9.16. The van der Waals surface area contributed by atoms with E-state index in [2.05, 4.69) is 0 Å². The third kappa shape index (κ3) is 4.15. The van der Waals surface area contributed by atoms with E-state index < -0.39 is 0 Å². The summed E-state index contributed by atoms with van der Waals surface area (Å²) in [4.78, 5) is 0. The maximum Gasteiger partial charge on any atom is 0.160 e. The van der Waals surface area contributed by atoms with Crippen LogP contribution in [-0.4, -0.2) is 39.5 Å². The molecule has 0 unspecified atom stereocenters. The second kappa shape index (κ2) is 7.40. The van der Waals surface area contributed by atoms with Crippen LogP contribution in [0.5, 0.6) is 11.5 Å². The van der Waals surface area contributed by atoms with E-state index in [9.17, 15) is 0 Å². The summed E-state index contributed by atoms with van der Waals surface area (Å²) in [5.74, 6) is 0.609. The largest absolute Gasteiger partial charge is 0.504 e. The van der Waals surface area contributed by atoms with Gasteiger partial charge in [0.25, 0.3) is 0 Å². The van der Waals surface area contributed by atoms with Crippen LogP contribution in [0, 0.1) is 0 Å². The van der Waals surface area contributed by atoms with Gasteiger partial charge in [-0.15, -0.1) is 12.4 Å². The number of halogens is 1. The van der Waals surface area contributed by atoms with Gasteiger partial charge in [-0.1, -0.05) is 6.07 Å². The summed E-state index contributed by atoms with van der Waals surface area (Å²) in [7, 11) is 1.51. The third-order valence-electron chi connectivity index (χ3n) is 1.48. The van der Waals surface area contributed by atoms with E-state index in [4.69, 9.17) is 15.6 Å². The Kier molecular flexibility index (Phi) is 8.80. The van der Waals surface area contributed by atoms with Gasteiger partial charge in [0.1, 0.15) is 0 Å². The zero-order valence-corrected chi connectivity index (χ0v) is 12.0. The predicted molar refractivity (Wildman–Crippen MR) is 55.6 cm³/mol. The van der Waals surface area contributed by atoms with Gasteiger partial charge in [0.05, 0.1) is 7.11 Å². The summed E-state index contributed by atoms with van der Waals surface area (Å²) in [5.41, 5.74) is 6.33. The fourth-order valence-electron chi connectivity index (χ4n) is 0.849. The molecule has 0 aliphatic heterocycles. The summed E-state index contributed by atoms with van der Waals surface area (Å²) >= 11 is 0. The number of ether oxygens (including phenoxy) is 1. The van der Waals surface area contributed by atoms with Gasteiger partial charge in [-0.05, 0) is 17.7 Å². The standard InChI is InChI=1S/C8H11NO2.ClH.Pb/c1-11-8-4-6(5-9)2-3-7(8)10;;/h2-4,10H,5,9H2,1H3;1H;. The number of hydrogen-bond acceptors (Lipinski definition) is 3. The van der Waals surface area contributed by atoms with Crippen LogP contribution >= 0.6 is 12.4 Å². The number of phenolic OH excluding ortho intramolecular Hbond substituents is 1. The van der Waals surface area contributed by atoms with Crippen molar-refractivity contribution in [2.75, 3.05) is 7.11 Å². The molecule has 72 valence electrons. The minimum absolute atomic E-state index is 0. The molecule has 0 aromatic heterocycles. The monoisotopic (exact) mass is 397 g/mol. The number of hydrogen-bond donors (Lipinski definition) is 2. The predicted octanol–water partition coefficient (Wildman–Crippen LogP) is 0.900. The summed E-state index contributed by atoms with van der Waals surface area (Å²) in [6.45, 7) is 0.455. The Hall–Kier alpha value is -0.00792. The van der Waals surface area contributed by atoms with E-state index >= 15 is 0 Å². The summed E-state index contributed by atoms with van der Waals surface area (Å²) in [6, 6.07) is 5.05. The fourth-order valence-corrected chi connectivity index (χ4v) is 0.849. The smallest absolute Gasteiger partial charge is 0.160 e. The molecule has 0 aliphatic rings. The van der Waals surface area contributed by atoms with Crippen molar-refractivity contribution in [3.8, 4) is 11.5 Å². The molecule has 5 heteroatoms. The van der Waals surface area contributed by atoms with Crippen LogP contribution in [0.4, 0.5) is 0 Å². The Labute approximate surface area is 104 Å². The Morgan fingerprint density at radius 3 is 2.54 bits per heavy atom. The molecule has 1 aromatic rings. The van der Waals surface area contributed by atoms with Crippen molar-refractivity contribution < 1.29 is 9.84 Å². The molecule has 0 atom stereocenters. The number of rotatable bonds is 2. The van der Waals surface area contributed by atoms with Crippen LogP contribution in [0.3, 0.4) is 0 Å². The van der Waals surface area contributed by atoms with Crippen molar-refractivity contribution in [3.63, 3.8) is 0 Å². The first-order chi connectivity index (χ1) is 5.27. The van der Waals surface area contributed by atoms with Crippen LogP contribution in [0.2, 0.25) is 0 Å². The second-order valence-corrected chi connectivity index (χ2v) is 2.21. The minimum Gasteiger partial charge on any atom is -0.504 e. The average Bonchev–Trinajstić information content (AvgIpc) is 2.05. The normalized spacial score (nSPS) is 8.15. The topological polar surface area (TPSA) is 55.5 Å². The molecule has 0 aliphatic carbocycles. The molecular formula is C8H12ClNO2Pb. The first kappa shape index (κ1) is 15.5. The summed E-state index contributed by atoms with van der Waals surface area (Å²) < 4.78 is 4.88. The van der Waals surface area contributed by atoms with E-state index in [1.165, 1.54) is 7.11 Å². The molecule has 0 spiro atoms. The first-order valence-electron chi connectivity index (χ1n) is 3.34. The SMILES string of the molecule is COc1cc(CN)ccc1O.Cl.[Pb]. The Morgan fingerprint density at radius 2 is 2.08 bits per heavy atom. The molecule has 0 amide bonds. The third-order valence-corrected chi connectivity index (χ3v) is 1.48. The van der Waals surface area contributed by atoms with E-state index in [0.717, 1.165) is 5.56 Å². The zero-order chi connectivity index (χ0) is 8.27. The van der Waals surface area contributed by atoms with Gasteiger partial charge in [0, 0.05) is 33.8 Å². The molecule has 4 radical (unpaired) electrons. The molecule has 3 N–H and O–H groups in total. The van der Waals surface area contributed by atoms with Crippen LogP contribution in [-0.2, 0) is 6.54 Å². The van der Waals surface area contributed by atoms with E-state index in [1.54, 1.807) is 18.2 Å². The fraction of sp³-hybridized carbons (Fsp3) is 0.250. The van der Waals surface area contributed by atoms with Gasteiger partial charge in [-0.2, -0.15) is 0 Å². The molecule has 0 saturated carbocycles. The number of benzene rings is 1. The molecular weight excluding hydrogens is 385 g/mol. The molecule has 0 bridgehead atoms. The van der Waals surface area contributed by atoms with Gasteiger partial charge in [0.15, 0.2) is 11.5 Å². The second-order valence-electron chi connectivity index (χ2n) is 2.21. The van der Waals surface area contributed by atoms with Gasteiger partial charge < -0.3 is 15.6 Å². The summed E-state index contributed by atoms with van der Waals surface area (Å²) in [6.07, 6.45) is 0. The maximum absolute atomic E-state index is 9.16. The molecule has 0 heterocycles. The number of nitrogens with two attached hydrogens (primary N) is 1. The molecule has 0 fully saturated rings. The van der Waals surface area contributed by atoms with Crippen LogP contribution in [0.25, 0.3) is 0 Å². The molecule has 13 heavy (non-hydrogen) atoms. The van der Waals surface area contributed by atoms with Crippen molar-refractivity contribution in [2.45, 2.75) is 6.54 Å². The van der Waals surface area contributed by atoms with E-state index in [-0.39, 0.29) is 45.5 Å². The average molecular weight is 397 g/mol.